The van der Waals surface area contributed by atoms with Gasteiger partial charge in [0.05, 0.1) is 0 Å². The van der Waals surface area contributed by atoms with E-state index >= 15 is 0 Å². The second-order valence-corrected chi connectivity index (χ2v) is 2.55. The number of rotatable bonds is 3. The predicted molar refractivity (Wildman–Crippen MR) is 42.7 cm³/mol. The van der Waals surface area contributed by atoms with Crippen LogP contribution >= 0.6 is 0 Å². The molecule has 1 aliphatic rings. The molecule has 56 valence electrons. The minimum atomic E-state index is 0. The molecule has 0 aromatic carbocycles. The van der Waals surface area contributed by atoms with Crippen molar-refractivity contribution in [3.05, 3.63) is 0 Å². The third-order valence-electron chi connectivity index (χ3n) is 1.78. The van der Waals surface area contributed by atoms with Crippen LogP contribution in [0.2, 0.25) is 0 Å². The van der Waals surface area contributed by atoms with Gasteiger partial charge in [0.1, 0.15) is 0 Å². The summed E-state index contributed by atoms with van der Waals surface area (Å²) in [6.07, 6.45) is 4.17. The Morgan fingerprint density at radius 3 is 2.33 bits per heavy atom. The molecule has 1 heterocycles. The smallest absolute Gasteiger partial charge is 0.000654 e. The van der Waals surface area contributed by atoms with Crippen molar-refractivity contribution in [3.8, 4) is 0 Å². The number of unbranched alkanes of at least 4 members (excludes halogenated alkanes) is 1. The Balaban J connectivity index is 0.000000640. The first-order valence-electron chi connectivity index (χ1n) is 3.66. The van der Waals surface area contributed by atoms with Gasteiger partial charge in [0.2, 0.25) is 0 Å². The molecule has 1 heteroatoms. The lowest BCUT2D eigenvalue weighted by Gasteiger charge is -2.30. The Hall–Kier alpha value is -0.0400. The Labute approximate surface area is 59.1 Å². The molecule has 0 aliphatic carbocycles. The lowest BCUT2D eigenvalue weighted by Crippen LogP contribution is -2.37. The van der Waals surface area contributed by atoms with E-state index in [1.54, 1.807) is 0 Å². The van der Waals surface area contributed by atoms with E-state index in [4.69, 9.17) is 0 Å². The molecule has 0 aromatic heterocycles. The van der Waals surface area contributed by atoms with Crippen molar-refractivity contribution in [1.29, 1.82) is 0 Å². The second-order valence-electron chi connectivity index (χ2n) is 2.55. The van der Waals surface area contributed by atoms with E-state index < -0.39 is 0 Å². The fourth-order valence-electron chi connectivity index (χ4n) is 0.987. The summed E-state index contributed by atoms with van der Waals surface area (Å²) in [5.74, 6) is 0. The van der Waals surface area contributed by atoms with Crippen molar-refractivity contribution in [2.45, 2.75) is 33.6 Å². The van der Waals surface area contributed by atoms with Crippen molar-refractivity contribution in [2.75, 3.05) is 19.6 Å². The van der Waals surface area contributed by atoms with Gasteiger partial charge in [-0.25, -0.2) is 0 Å². The van der Waals surface area contributed by atoms with Crippen LogP contribution in [0.5, 0.6) is 0 Å². The lowest BCUT2D eigenvalue weighted by molar-refractivity contribution is 0.179. The molecule has 1 rings (SSSR count). The first-order valence-corrected chi connectivity index (χ1v) is 3.66. The maximum Gasteiger partial charge on any atom is -0.000654 e. The molecule has 1 aliphatic heterocycles. The molecule has 9 heavy (non-hydrogen) atoms. The van der Waals surface area contributed by atoms with Gasteiger partial charge in [0, 0.05) is 0 Å². The molecule has 1 fully saturated rings. The molecule has 0 aromatic rings. The highest BCUT2D eigenvalue weighted by atomic mass is 15.2. The maximum absolute atomic E-state index is 2.52. The second kappa shape index (κ2) is 4.80. The average molecular weight is 129 g/mol. The summed E-state index contributed by atoms with van der Waals surface area (Å²) in [4.78, 5) is 2.52. The quantitative estimate of drug-likeness (QED) is 0.564. The monoisotopic (exact) mass is 129 g/mol. The van der Waals surface area contributed by atoms with Crippen LogP contribution in [-0.4, -0.2) is 24.5 Å². The number of hydrogen-bond acceptors (Lipinski definition) is 1. The third kappa shape index (κ3) is 2.85. The van der Waals surface area contributed by atoms with Crippen molar-refractivity contribution in [2.24, 2.45) is 0 Å². The zero-order chi connectivity index (χ0) is 5.82. The van der Waals surface area contributed by atoms with Crippen LogP contribution in [0.25, 0.3) is 0 Å². The van der Waals surface area contributed by atoms with Gasteiger partial charge < -0.3 is 4.90 Å². The summed E-state index contributed by atoms with van der Waals surface area (Å²) < 4.78 is 0. The predicted octanol–water partition coefficient (Wildman–Crippen LogP) is 2.13. The first kappa shape index (κ1) is 8.96. The fraction of sp³-hybridized carbons (Fsp3) is 1.00. The fourth-order valence-corrected chi connectivity index (χ4v) is 0.987. The summed E-state index contributed by atoms with van der Waals surface area (Å²) in [6, 6.07) is 0. The Bertz CT molecular complexity index is 57.6. The molecule has 0 amide bonds. The van der Waals surface area contributed by atoms with E-state index in [-0.39, 0.29) is 7.43 Å². The SMILES string of the molecule is C.CCCCN1CCC1. The van der Waals surface area contributed by atoms with Gasteiger partial charge in [-0.3, -0.25) is 0 Å². The minimum Gasteiger partial charge on any atom is -0.303 e. The summed E-state index contributed by atoms with van der Waals surface area (Å²) in [5, 5.41) is 0. The van der Waals surface area contributed by atoms with Gasteiger partial charge in [-0.05, 0) is 32.5 Å². The molecule has 0 unspecified atom stereocenters. The lowest BCUT2D eigenvalue weighted by atomic mass is 10.2. The molecule has 1 nitrogen and oxygen atoms in total. The molecule has 0 N–H and O–H groups in total. The van der Waals surface area contributed by atoms with E-state index in [9.17, 15) is 0 Å². The molecular weight excluding hydrogens is 110 g/mol. The molecule has 0 spiro atoms. The van der Waals surface area contributed by atoms with E-state index in [0.29, 0.717) is 0 Å². The number of nitrogens with zero attached hydrogens (tertiary/aromatic N) is 1. The van der Waals surface area contributed by atoms with E-state index in [1.807, 2.05) is 0 Å². The van der Waals surface area contributed by atoms with E-state index in [0.717, 1.165) is 0 Å². The van der Waals surface area contributed by atoms with Gasteiger partial charge >= 0.3 is 0 Å². The zero-order valence-electron chi connectivity index (χ0n) is 5.69. The molecule has 0 saturated carbocycles. The number of hydrogen-bond donors (Lipinski definition) is 0. The molecule has 0 atom stereocenters. The topological polar surface area (TPSA) is 3.24 Å². The third-order valence-corrected chi connectivity index (χ3v) is 1.78. The van der Waals surface area contributed by atoms with Crippen LogP contribution in [0.15, 0.2) is 0 Å². The first-order chi connectivity index (χ1) is 3.93. The van der Waals surface area contributed by atoms with Crippen LogP contribution < -0.4 is 0 Å². The molecule has 1 saturated heterocycles. The summed E-state index contributed by atoms with van der Waals surface area (Å²) in [6.45, 7) is 6.32. The van der Waals surface area contributed by atoms with Gasteiger partial charge in [0.15, 0.2) is 0 Å². The maximum atomic E-state index is 2.52. The van der Waals surface area contributed by atoms with Gasteiger partial charge in [-0.1, -0.05) is 20.8 Å². The van der Waals surface area contributed by atoms with Crippen LogP contribution in [0.3, 0.4) is 0 Å². The van der Waals surface area contributed by atoms with E-state index in [2.05, 4.69) is 11.8 Å². The van der Waals surface area contributed by atoms with Gasteiger partial charge in [0.25, 0.3) is 0 Å². The Kier molecular flexibility index (Phi) is 4.78. The molecular formula is C8H19N. The molecule has 0 radical (unpaired) electrons. The van der Waals surface area contributed by atoms with E-state index in [1.165, 1.54) is 38.9 Å². The van der Waals surface area contributed by atoms with Crippen LogP contribution in [0.4, 0.5) is 0 Å². The Morgan fingerprint density at radius 1 is 1.33 bits per heavy atom. The Morgan fingerprint density at radius 2 is 2.00 bits per heavy atom. The highest BCUT2D eigenvalue weighted by molar-refractivity contribution is 4.67. The minimum absolute atomic E-state index is 0. The van der Waals surface area contributed by atoms with Gasteiger partial charge in [-0.15, -0.1) is 0 Å². The average Bonchev–Trinajstić information content (AvgIpc) is 1.63. The standard InChI is InChI=1S/C7H15N.CH4/c1-2-3-5-8-6-4-7-8;/h2-7H2,1H3;1H4. The normalized spacial score (nSPS) is 18.3. The van der Waals surface area contributed by atoms with Crippen molar-refractivity contribution < 1.29 is 0 Å². The largest absolute Gasteiger partial charge is 0.303 e. The van der Waals surface area contributed by atoms with Crippen LogP contribution in [0.1, 0.15) is 33.6 Å². The molecule has 0 bridgehead atoms. The highest BCUT2D eigenvalue weighted by Gasteiger charge is 2.11. The van der Waals surface area contributed by atoms with Crippen molar-refractivity contribution in [3.63, 3.8) is 0 Å². The number of likely N-dealkylation sites (tertiary alicyclic amines) is 1. The van der Waals surface area contributed by atoms with Crippen molar-refractivity contribution >= 4 is 0 Å². The van der Waals surface area contributed by atoms with Gasteiger partial charge in [-0.2, -0.15) is 0 Å². The summed E-state index contributed by atoms with van der Waals surface area (Å²) in [5.41, 5.74) is 0. The van der Waals surface area contributed by atoms with Crippen LogP contribution in [-0.2, 0) is 0 Å². The zero-order valence-corrected chi connectivity index (χ0v) is 5.69. The van der Waals surface area contributed by atoms with Crippen molar-refractivity contribution in [1.82, 2.24) is 4.90 Å². The summed E-state index contributed by atoms with van der Waals surface area (Å²) in [7, 11) is 0. The highest BCUT2D eigenvalue weighted by Crippen LogP contribution is 2.05. The van der Waals surface area contributed by atoms with Crippen LogP contribution in [0, 0.1) is 0 Å². The summed E-state index contributed by atoms with van der Waals surface area (Å²) >= 11 is 0.